The molecule has 1 heterocycles. The average molecular weight is 388 g/mol. The molecular formula is C24H24N2O3. The second kappa shape index (κ2) is 8.35. The van der Waals surface area contributed by atoms with E-state index in [2.05, 4.69) is 5.32 Å². The molecule has 0 spiro atoms. The van der Waals surface area contributed by atoms with Gasteiger partial charge in [-0.25, -0.2) is 0 Å². The Hall–Kier alpha value is -3.34. The highest BCUT2D eigenvalue weighted by Crippen LogP contribution is 2.30. The molecule has 1 unspecified atom stereocenters. The highest BCUT2D eigenvalue weighted by molar-refractivity contribution is 6.08. The second-order valence-electron chi connectivity index (χ2n) is 7.31. The van der Waals surface area contributed by atoms with Crippen molar-refractivity contribution in [3.05, 3.63) is 72.3 Å². The number of hydrogen-bond acceptors (Lipinski definition) is 3. The van der Waals surface area contributed by atoms with Crippen molar-refractivity contribution in [3.63, 3.8) is 0 Å². The van der Waals surface area contributed by atoms with Gasteiger partial charge in [-0.1, -0.05) is 42.5 Å². The fraction of sp³-hybridized carbons (Fsp3) is 0.250. The lowest BCUT2D eigenvalue weighted by atomic mass is 9.95. The number of nitrogens with one attached hydrogen (secondary N) is 1. The molecule has 1 saturated heterocycles. The zero-order valence-corrected chi connectivity index (χ0v) is 16.4. The smallest absolute Gasteiger partial charge is 0.254 e. The SMILES string of the molecule is COc1ccc(C(=O)N2CCCC(C(=O)Nc3ccccc3)C2)c2ccccc12. The number of piperidine rings is 1. The first-order valence-corrected chi connectivity index (χ1v) is 9.88. The van der Waals surface area contributed by atoms with Gasteiger partial charge in [0, 0.05) is 29.7 Å². The first kappa shape index (κ1) is 19.0. The van der Waals surface area contributed by atoms with Gasteiger partial charge in [-0.2, -0.15) is 0 Å². The number of hydrogen-bond donors (Lipinski definition) is 1. The molecule has 0 radical (unpaired) electrons. The van der Waals surface area contributed by atoms with Crippen molar-refractivity contribution < 1.29 is 14.3 Å². The number of fused-ring (bicyclic) bond motifs is 1. The van der Waals surface area contributed by atoms with Crippen molar-refractivity contribution in [3.8, 4) is 5.75 Å². The summed E-state index contributed by atoms with van der Waals surface area (Å²) in [5, 5.41) is 4.74. The normalized spacial score (nSPS) is 16.4. The number of anilines is 1. The maximum atomic E-state index is 13.3. The summed E-state index contributed by atoms with van der Waals surface area (Å²) >= 11 is 0. The molecule has 4 rings (SSSR count). The summed E-state index contributed by atoms with van der Waals surface area (Å²) in [6.45, 7) is 1.09. The van der Waals surface area contributed by atoms with E-state index in [1.807, 2.05) is 66.7 Å². The summed E-state index contributed by atoms with van der Waals surface area (Å²) in [4.78, 5) is 27.8. The van der Waals surface area contributed by atoms with Gasteiger partial charge in [0.25, 0.3) is 5.91 Å². The van der Waals surface area contributed by atoms with E-state index in [1.54, 1.807) is 12.0 Å². The highest BCUT2D eigenvalue weighted by Gasteiger charge is 2.29. The van der Waals surface area contributed by atoms with Gasteiger partial charge in [0.2, 0.25) is 5.91 Å². The van der Waals surface area contributed by atoms with E-state index in [0.717, 1.165) is 35.1 Å². The molecule has 0 saturated carbocycles. The Morgan fingerprint density at radius 2 is 1.69 bits per heavy atom. The zero-order valence-electron chi connectivity index (χ0n) is 16.4. The van der Waals surface area contributed by atoms with Gasteiger partial charge in [-0.05, 0) is 42.5 Å². The Labute approximate surface area is 170 Å². The maximum absolute atomic E-state index is 13.3. The average Bonchev–Trinajstić information content (AvgIpc) is 2.78. The van der Waals surface area contributed by atoms with Crippen LogP contribution in [-0.4, -0.2) is 36.9 Å². The number of rotatable bonds is 4. The van der Waals surface area contributed by atoms with Crippen LogP contribution in [0, 0.1) is 5.92 Å². The molecule has 1 fully saturated rings. The van der Waals surface area contributed by atoms with E-state index in [1.165, 1.54) is 0 Å². The zero-order chi connectivity index (χ0) is 20.2. The number of ether oxygens (including phenoxy) is 1. The third-order valence-corrected chi connectivity index (χ3v) is 5.46. The lowest BCUT2D eigenvalue weighted by Crippen LogP contribution is -2.43. The molecular weight excluding hydrogens is 364 g/mol. The number of amides is 2. The monoisotopic (exact) mass is 388 g/mol. The number of benzene rings is 3. The first-order chi connectivity index (χ1) is 14.2. The van der Waals surface area contributed by atoms with Gasteiger partial charge in [0.15, 0.2) is 0 Å². The molecule has 148 valence electrons. The van der Waals surface area contributed by atoms with Crippen LogP contribution in [0.3, 0.4) is 0 Å². The van der Waals surface area contributed by atoms with Crippen LogP contribution in [0.2, 0.25) is 0 Å². The summed E-state index contributed by atoms with van der Waals surface area (Å²) < 4.78 is 5.43. The lowest BCUT2D eigenvalue weighted by molar-refractivity contribution is -0.121. The van der Waals surface area contributed by atoms with Gasteiger partial charge in [0.1, 0.15) is 5.75 Å². The third kappa shape index (κ3) is 3.94. The van der Waals surface area contributed by atoms with Crippen molar-refractivity contribution >= 4 is 28.3 Å². The van der Waals surface area contributed by atoms with Gasteiger partial charge >= 0.3 is 0 Å². The predicted molar refractivity (Wildman–Crippen MR) is 114 cm³/mol. The molecule has 5 heteroatoms. The molecule has 1 aliphatic rings. The summed E-state index contributed by atoms with van der Waals surface area (Å²) in [5.41, 5.74) is 1.42. The van der Waals surface area contributed by atoms with Crippen LogP contribution in [0.15, 0.2) is 66.7 Å². The van der Waals surface area contributed by atoms with Crippen LogP contribution in [0.4, 0.5) is 5.69 Å². The Bertz CT molecular complexity index is 1030. The van der Waals surface area contributed by atoms with Crippen LogP contribution in [0.25, 0.3) is 10.8 Å². The number of para-hydroxylation sites is 1. The van der Waals surface area contributed by atoms with Gasteiger partial charge < -0.3 is 15.0 Å². The Balaban J connectivity index is 1.54. The largest absolute Gasteiger partial charge is 0.496 e. The van der Waals surface area contributed by atoms with Crippen molar-refractivity contribution in [2.75, 3.05) is 25.5 Å². The van der Waals surface area contributed by atoms with Crippen molar-refractivity contribution in [1.82, 2.24) is 4.90 Å². The van der Waals surface area contributed by atoms with Crippen LogP contribution >= 0.6 is 0 Å². The second-order valence-corrected chi connectivity index (χ2v) is 7.31. The molecule has 3 aromatic rings. The molecule has 0 bridgehead atoms. The molecule has 3 aromatic carbocycles. The topological polar surface area (TPSA) is 58.6 Å². The van der Waals surface area contributed by atoms with Crippen LogP contribution < -0.4 is 10.1 Å². The standard InChI is InChI=1S/C24H24N2O3/c1-29-22-14-13-21(19-11-5-6-12-20(19)22)24(28)26-15-7-8-17(16-26)23(27)25-18-9-3-2-4-10-18/h2-6,9-14,17H,7-8,15-16H2,1H3,(H,25,27). The van der Waals surface area contributed by atoms with E-state index >= 15 is 0 Å². The predicted octanol–water partition coefficient (Wildman–Crippen LogP) is 4.34. The van der Waals surface area contributed by atoms with E-state index in [4.69, 9.17) is 4.74 Å². The number of carbonyl (C=O) groups is 2. The Morgan fingerprint density at radius 3 is 2.45 bits per heavy atom. The lowest BCUT2D eigenvalue weighted by Gasteiger charge is -2.32. The summed E-state index contributed by atoms with van der Waals surface area (Å²) in [5.74, 6) is 0.461. The molecule has 1 N–H and O–H groups in total. The van der Waals surface area contributed by atoms with Crippen molar-refractivity contribution in [1.29, 1.82) is 0 Å². The van der Waals surface area contributed by atoms with Crippen LogP contribution in [-0.2, 0) is 4.79 Å². The Morgan fingerprint density at radius 1 is 0.966 bits per heavy atom. The summed E-state index contributed by atoms with van der Waals surface area (Å²) in [6.07, 6.45) is 1.60. The summed E-state index contributed by atoms with van der Waals surface area (Å²) in [7, 11) is 1.63. The van der Waals surface area contributed by atoms with E-state index in [0.29, 0.717) is 18.7 Å². The number of likely N-dealkylation sites (tertiary alicyclic amines) is 1. The fourth-order valence-electron chi connectivity index (χ4n) is 3.95. The molecule has 0 aromatic heterocycles. The molecule has 5 nitrogen and oxygen atoms in total. The van der Waals surface area contributed by atoms with E-state index in [-0.39, 0.29) is 17.7 Å². The van der Waals surface area contributed by atoms with Crippen LogP contribution in [0.1, 0.15) is 23.2 Å². The number of nitrogens with zero attached hydrogens (tertiary/aromatic N) is 1. The quantitative estimate of drug-likeness (QED) is 0.723. The number of carbonyl (C=O) groups excluding carboxylic acids is 2. The van der Waals surface area contributed by atoms with Crippen LogP contribution in [0.5, 0.6) is 5.75 Å². The van der Waals surface area contributed by atoms with Crippen molar-refractivity contribution in [2.24, 2.45) is 5.92 Å². The molecule has 0 aliphatic carbocycles. The Kier molecular flexibility index (Phi) is 5.47. The molecule has 2 amide bonds. The minimum atomic E-state index is -0.211. The fourth-order valence-corrected chi connectivity index (χ4v) is 3.95. The van der Waals surface area contributed by atoms with Gasteiger partial charge in [-0.3, -0.25) is 9.59 Å². The third-order valence-electron chi connectivity index (χ3n) is 5.46. The highest BCUT2D eigenvalue weighted by atomic mass is 16.5. The molecule has 1 atom stereocenters. The number of methoxy groups -OCH3 is 1. The minimum absolute atomic E-state index is 0.0340. The first-order valence-electron chi connectivity index (χ1n) is 9.88. The molecule has 29 heavy (non-hydrogen) atoms. The van der Waals surface area contributed by atoms with Gasteiger partial charge in [0.05, 0.1) is 13.0 Å². The van der Waals surface area contributed by atoms with Crippen molar-refractivity contribution in [2.45, 2.75) is 12.8 Å². The minimum Gasteiger partial charge on any atom is -0.496 e. The van der Waals surface area contributed by atoms with Gasteiger partial charge in [-0.15, -0.1) is 0 Å². The molecule has 1 aliphatic heterocycles. The van der Waals surface area contributed by atoms with E-state index in [9.17, 15) is 9.59 Å². The maximum Gasteiger partial charge on any atom is 0.254 e. The van der Waals surface area contributed by atoms with E-state index < -0.39 is 0 Å². The summed E-state index contributed by atoms with van der Waals surface area (Å²) in [6, 6.07) is 20.8.